The van der Waals surface area contributed by atoms with Crippen molar-refractivity contribution >= 4 is 22.6 Å². The van der Waals surface area contributed by atoms with E-state index in [2.05, 4.69) is 4.98 Å². The third-order valence-corrected chi connectivity index (χ3v) is 3.15. The summed E-state index contributed by atoms with van der Waals surface area (Å²) in [6, 6.07) is 16.0. The average Bonchev–Trinajstić information content (AvgIpc) is 2.56. The average molecular weight is 294 g/mol. The number of hydrogen-bond acceptors (Lipinski definition) is 3. The summed E-state index contributed by atoms with van der Waals surface area (Å²) in [5.41, 5.74) is 8.70. The summed E-state index contributed by atoms with van der Waals surface area (Å²) in [6.07, 6.45) is 0. The van der Waals surface area contributed by atoms with Gasteiger partial charge >= 0.3 is 5.97 Å². The highest BCUT2D eigenvalue weighted by Crippen LogP contribution is 2.25. The third-order valence-electron chi connectivity index (χ3n) is 3.15. The second-order valence-electron chi connectivity index (χ2n) is 4.50. The maximum Gasteiger partial charge on any atom is 0.336 e. The van der Waals surface area contributed by atoms with Gasteiger partial charge in [0.15, 0.2) is 0 Å². The Morgan fingerprint density at radius 3 is 2.32 bits per heavy atom. The monoisotopic (exact) mass is 294 g/mol. The molecule has 0 aliphatic rings. The quantitative estimate of drug-likeness (QED) is 0.694. The molecule has 0 fully saturated rings. The Morgan fingerprint density at radius 2 is 1.68 bits per heavy atom. The molecule has 0 spiro atoms. The number of anilines is 1. The summed E-state index contributed by atoms with van der Waals surface area (Å²) in [5, 5.41) is 9.99. The van der Waals surface area contributed by atoms with Crippen molar-refractivity contribution in [3.63, 3.8) is 0 Å². The van der Waals surface area contributed by atoms with Crippen molar-refractivity contribution in [1.82, 2.24) is 4.98 Å². The van der Waals surface area contributed by atoms with Gasteiger partial charge in [0.25, 0.3) is 0 Å². The predicted molar refractivity (Wildman–Crippen MR) is 89.9 cm³/mol. The van der Waals surface area contributed by atoms with Gasteiger partial charge in [0, 0.05) is 16.6 Å². The van der Waals surface area contributed by atoms with E-state index in [1.807, 2.05) is 38.1 Å². The molecule has 1 heterocycles. The van der Waals surface area contributed by atoms with Crippen LogP contribution in [-0.4, -0.2) is 16.1 Å². The fourth-order valence-corrected chi connectivity index (χ4v) is 2.15. The van der Waals surface area contributed by atoms with Crippen LogP contribution in [0.1, 0.15) is 24.2 Å². The number of carboxylic acid groups (broad SMARTS) is 1. The van der Waals surface area contributed by atoms with Gasteiger partial charge in [-0.25, -0.2) is 9.78 Å². The van der Waals surface area contributed by atoms with E-state index < -0.39 is 5.97 Å². The SMILES string of the molecule is CC.Nc1ccc(-c2cc(C(=O)O)c3ccccc3n2)cc1. The number of benzene rings is 2. The second-order valence-corrected chi connectivity index (χ2v) is 4.50. The summed E-state index contributed by atoms with van der Waals surface area (Å²) in [7, 11) is 0. The van der Waals surface area contributed by atoms with Crippen molar-refractivity contribution < 1.29 is 9.90 Å². The molecule has 3 rings (SSSR count). The largest absolute Gasteiger partial charge is 0.478 e. The van der Waals surface area contributed by atoms with Crippen molar-refractivity contribution in [2.24, 2.45) is 0 Å². The highest BCUT2D eigenvalue weighted by molar-refractivity contribution is 6.03. The van der Waals surface area contributed by atoms with Crippen LogP contribution in [-0.2, 0) is 0 Å². The maximum absolute atomic E-state index is 11.4. The van der Waals surface area contributed by atoms with Crippen LogP contribution < -0.4 is 5.73 Å². The number of rotatable bonds is 2. The predicted octanol–water partition coefficient (Wildman–Crippen LogP) is 4.21. The zero-order valence-corrected chi connectivity index (χ0v) is 12.6. The summed E-state index contributed by atoms with van der Waals surface area (Å²) in [4.78, 5) is 15.9. The minimum atomic E-state index is -0.958. The van der Waals surface area contributed by atoms with E-state index in [-0.39, 0.29) is 5.56 Å². The molecule has 0 radical (unpaired) electrons. The molecule has 0 bridgehead atoms. The molecule has 0 aliphatic carbocycles. The van der Waals surface area contributed by atoms with E-state index in [9.17, 15) is 9.90 Å². The molecule has 112 valence electrons. The summed E-state index contributed by atoms with van der Waals surface area (Å²) < 4.78 is 0. The molecule has 0 amide bonds. The molecular weight excluding hydrogens is 276 g/mol. The van der Waals surface area contributed by atoms with Gasteiger partial charge in [-0.2, -0.15) is 0 Å². The first kappa shape index (κ1) is 15.5. The van der Waals surface area contributed by atoms with E-state index in [0.29, 0.717) is 22.3 Å². The lowest BCUT2D eigenvalue weighted by molar-refractivity contribution is 0.0699. The van der Waals surface area contributed by atoms with Crippen LogP contribution >= 0.6 is 0 Å². The third kappa shape index (κ3) is 3.06. The molecule has 0 aliphatic heterocycles. The molecule has 4 nitrogen and oxygen atoms in total. The van der Waals surface area contributed by atoms with Crippen LogP contribution in [0.4, 0.5) is 5.69 Å². The number of fused-ring (bicyclic) bond motifs is 1. The lowest BCUT2D eigenvalue weighted by Gasteiger charge is -2.07. The fraction of sp³-hybridized carbons (Fsp3) is 0.111. The molecule has 0 saturated carbocycles. The van der Waals surface area contributed by atoms with Gasteiger partial charge < -0.3 is 10.8 Å². The van der Waals surface area contributed by atoms with Crippen LogP contribution in [0.15, 0.2) is 54.6 Å². The Kier molecular flexibility index (Phi) is 4.73. The van der Waals surface area contributed by atoms with Crippen LogP contribution in [0.25, 0.3) is 22.2 Å². The van der Waals surface area contributed by atoms with Gasteiger partial charge in [-0.15, -0.1) is 0 Å². The second kappa shape index (κ2) is 6.72. The van der Waals surface area contributed by atoms with Gasteiger partial charge in [-0.1, -0.05) is 44.2 Å². The first-order chi connectivity index (χ1) is 10.6. The normalized spacial score (nSPS) is 9.91. The van der Waals surface area contributed by atoms with Crippen molar-refractivity contribution in [3.8, 4) is 11.3 Å². The van der Waals surface area contributed by atoms with E-state index in [1.54, 1.807) is 30.3 Å². The van der Waals surface area contributed by atoms with Crippen LogP contribution in [0.3, 0.4) is 0 Å². The molecule has 0 saturated heterocycles. The van der Waals surface area contributed by atoms with E-state index in [0.717, 1.165) is 5.56 Å². The van der Waals surface area contributed by atoms with Crippen LogP contribution in [0, 0.1) is 0 Å². The van der Waals surface area contributed by atoms with E-state index >= 15 is 0 Å². The van der Waals surface area contributed by atoms with Gasteiger partial charge in [-0.3, -0.25) is 0 Å². The molecular formula is C18H18N2O2. The highest BCUT2D eigenvalue weighted by atomic mass is 16.4. The molecule has 2 aromatic carbocycles. The number of nitrogen functional groups attached to an aromatic ring is 1. The highest BCUT2D eigenvalue weighted by Gasteiger charge is 2.12. The Bertz CT molecular complexity index is 796. The number of aromatic carboxylic acids is 1. The van der Waals surface area contributed by atoms with Gasteiger partial charge in [0.1, 0.15) is 0 Å². The van der Waals surface area contributed by atoms with E-state index in [4.69, 9.17) is 5.73 Å². The van der Waals surface area contributed by atoms with Crippen LogP contribution in [0.2, 0.25) is 0 Å². The minimum Gasteiger partial charge on any atom is -0.478 e. The fourth-order valence-electron chi connectivity index (χ4n) is 2.15. The Morgan fingerprint density at radius 1 is 1.05 bits per heavy atom. The number of pyridine rings is 1. The summed E-state index contributed by atoms with van der Waals surface area (Å²) in [6.45, 7) is 4.00. The molecule has 0 unspecified atom stereocenters. The minimum absolute atomic E-state index is 0.252. The first-order valence-corrected chi connectivity index (χ1v) is 7.14. The van der Waals surface area contributed by atoms with Gasteiger partial charge in [-0.05, 0) is 24.3 Å². The molecule has 4 heteroatoms. The first-order valence-electron chi connectivity index (χ1n) is 7.14. The van der Waals surface area contributed by atoms with Crippen molar-refractivity contribution in [1.29, 1.82) is 0 Å². The zero-order chi connectivity index (χ0) is 16.1. The summed E-state index contributed by atoms with van der Waals surface area (Å²) in [5.74, 6) is -0.958. The topological polar surface area (TPSA) is 76.2 Å². The number of carbonyl (C=O) groups is 1. The van der Waals surface area contributed by atoms with Gasteiger partial charge in [0.05, 0.1) is 16.8 Å². The summed E-state index contributed by atoms with van der Waals surface area (Å²) >= 11 is 0. The van der Waals surface area contributed by atoms with Gasteiger partial charge in [0.2, 0.25) is 0 Å². The Labute approximate surface area is 129 Å². The van der Waals surface area contributed by atoms with E-state index in [1.165, 1.54) is 0 Å². The standard InChI is InChI=1S/C16H12N2O2.C2H6/c17-11-7-5-10(6-8-11)15-9-13(16(19)20)12-3-1-2-4-14(12)18-15;1-2/h1-9H,17H2,(H,19,20);1-2H3. The number of carboxylic acids is 1. The lowest BCUT2D eigenvalue weighted by atomic mass is 10.0. The maximum atomic E-state index is 11.4. The molecule has 3 N–H and O–H groups in total. The van der Waals surface area contributed by atoms with Crippen molar-refractivity contribution in [2.75, 3.05) is 5.73 Å². The lowest BCUT2D eigenvalue weighted by Crippen LogP contribution is -2.00. The number of para-hydroxylation sites is 1. The number of hydrogen-bond donors (Lipinski definition) is 2. The number of aromatic nitrogens is 1. The molecule has 22 heavy (non-hydrogen) atoms. The smallest absolute Gasteiger partial charge is 0.336 e. The van der Waals surface area contributed by atoms with Crippen molar-refractivity contribution in [3.05, 3.63) is 60.2 Å². The van der Waals surface area contributed by atoms with Crippen molar-refractivity contribution in [2.45, 2.75) is 13.8 Å². The number of nitrogens with two attached hydrogens (primary N) is 1. The Balaban J connectivity index is 0.000000847. The molecule has 1 aromatic heterocycles. The van der Waals surface area contributed by atoms with Crippen LogP contribution in [0.5, 0.6) is 0 Å². The number of nitrogens with zero attached hydrogens (tertiary/aromatic N) is 1. The zero-order valence-electron chi connectivity index (χ0n) is 12.6. The molecule has 0 atom stereocenters. The molecule has 3 aromatic rings. The Hall–Kier alpha value is -2.88.